The van der Waals surface area contributed by atoms with Crippen LogP contribution in [0.5, 0.6) is 11.5 Å². The monoisotopic (exact) mass is 638 g/mol. The van der Waals surface area contributed by atoms with E-state index in [9.17, 15) is 0 Å². The molecular formula is C42H46N4O2. The molecule has 48 heavy (non-hydrogen) atoms. The highest BCUT2D eigenvalue weighted by molar-refractivity contribution is 5.67. The van der Waals surface area contributed by atoms with Crippen LogP contribution in [0.15, 0.2) is 79.1 Å². The van der Waals surface area contributed by atoms with Gasteiger partial charge in [0.15, 0.2) is 11.5 Å². The first-order valence-electron chi connectivity index (χ1n) is 17.2. The fourth-order valence-electron chi connectivity index (χ4n) is 7.24. The fraction of sp³-hybridized carbons (Fsp3) is 0.333. The third-order valence-corrected chi connectivity index (χ3v) is 10.6. The first-order valence-corrected chi connectivity index (χ1v) is 17.2. The molecule has 0 N–H and O–H groups in total. The van der Waals surface area contributed by atoms with E-state index >= 15 is 0 Å². The molecule has 1 saturated heterocycles. The Bertz CT molecular complexity index is 1910. The van der Waals surface area contributed by atoms with Crippen molar-refractivity contribution in [3.05, 3.63) is 124 Å². The smallest absolute Gasteiger partial charge is 0.231 e. The first-order chi connectivity index (χ1) is 23.2. The van der Waals surface area contributed by atoms with Gasteiger partial charge in [-0.1, -0.05) is 6.07 Å². The van der Waals surface area contributed by atoms with Gasteiger partial charge in [-0.3, -0.25) is 14.9 Å². The van der Waals surface area contributed by atoms with Crippen LogP contribution >= 0.6 is 0 Å². The minimum Gasteiger partial charge on any atom is -0.454 e. The molecule has 6 heteroatoms. The van der Waals surface area contributed by atoms with Crippen molar-refractivity contribution in [1.82, 2.24) is 14.9 Å². The normalized spacial score (nSPS) is 14.8. The summed E-state index contributed by atoms with van der Waals surface area (Å²) in [6, 6.07) is 24.6. The molecule has 5 aromatic rings. The maximum atomic E-state index is 5.83. The second-order valence-corrected chi connectivity index (χ2v) is 13.7. The number of rotatable bonds is 8. The molecule has 2 aromatic heterocycles. The zero-order chi connectivity index (χ0) is 33.4. The summed E-state index contributed by atoms with van der Waals surface area (Å²) in [5.74, 6) is 1.63. The lowest BCUT2D eigenvalue weighted by atomic mass is 9.95. The van der Waals surface area contributed by atoms with Crippen LogP contribution in [0.4, 0.5) is 5.69 Å². The average molecular weight is 639 g/mol. The Hall–Kier alpha value is -4.68. The maximum Gasteiger partial charge on any atom is 0.231 e. The predicted octanol–water partition coefficient (Wildman–Crippen LogP) is 9.06. The second kappa shape index (κ2) is 13.4. The lowest BCUT2D eigenvalue weighted by Crippen LogP contribution is -2.44. The number of hydrogen-bond donors (Lipinski definition) is 0. The van der Waals surface area contributed by atoms with Gasteiger partial charge >= 0.3 is 0 Å². The Morgan fingerprint density at radius 2 is 1.38 bits per heavy atom. The average Bonchev–Trinajstić information content (AvgIpc) is 3.57. The van der Waals surface area contributed by atoms with Crippen LogP contribution < -0.4 is 14.4 Å². The Labute approximate surface area is 285 Å². The van der Waals surface area contributed by atoms with E-state index in [4.69, 9.17) is 19.4 Å². The van der Waals surface area contributed by atoms with Gasteiger partial charge in [0.2, 0.25) is 6.79 Å². The molecule has 0 unspecified atom stereocenters. The summed E-state index contributed by atoms with van der Waals surface area (Å²) in [5.41, 5.74) is 16.1. The highest BCUT2D eigenvalue weighted by Gasteiger charge is 2.28. The number of benzene rings is 3. The summed E-state index contributed by atoms with van der Waals surface area (Å²) in [6.07, 6.45) is 6.02. The molecule has 3 aromatic carbocycles. The standard InChI is InChI=1S/C42H46N4O2/c1-27-18-35(19-28(2)31(27)5)39-22-33(11-15-43-39)24-45-16-12-37(13-17-45)46(38-9-10-40-41(23-38)48-26-47-40)25-34-8-7-14-44-42(34)36-20-29(3)32(6)30(4)21-36/h7-11,14-15,18-23,37H,12-13,16-17,24-26H2,1-6H3. The molecule has 0 saturated carbocycles. The molecule has 246 valence electrons. The number of piperidine rings is 1. The third kappa shape index (κ3) is 6.54. The van der Waals surface area contributed by atoms with Gasteiger partial charge in [0.05, 0.1) is 11.4 Å². The summed E-state index contributed by atoms with van der Waals surface area (Å²) >= 11 is 0. The van der Waals surface area contributed by atoms with E-state index in [1.807, 2.05) is 12.4 Å². The molecule has 0 spiro atoms. The van der Waals surface area contributed by atoms with E-state index in [2.05, 4.69) is 118 Å². The lowest BCUT2D eigenvalue weighted by molar-refractivity contribution is 0.174. The molecular weight excluding hydrogens is 592 g/mol. The number of pyridine rings is 2. The highest BCUT2D eigenvalue weighted by atomic mass is 16.7. The molecule has 6 nitrogen and oxygen atoms in total. The topological polar surface area (TPSA) is 50.7 Å². The van der Waals surface area contributed by atoms with E-state index in [1.54, 1.807) is 0 Å². The molecule has 0 aliphatic carbocycles. The Morgan fingerprint density at radius 3 is 2.08 bits per heavy atom. The molecule has 0 radical (unpaired) electrons. The zero-order valence-electron chi connectivity index (χ0n) is 29.1. The summed E-state index contributed by atoms with van der Waals surface area (Å²) in [6.45, 7) is 17.2. The van der Waals surface area contributed by atoms with Crippen molar-refractivity contribution in [2.75, 3.05) is 24.8 Å². The number of aryl methyl sites for hydroxylation is 4. The molecule has 7 rings (SSSR count). The van der Waals surface area contributed by atoms with Crippen molar-refractivity contribution in [2.45, 2.75) is 73.5 Å². The summed E-state index contributed by atoms with van der Waals surface area (Å²) in [7, 11) is 0. The van der Waals surface area contributed by atoms with Crippen molar-refractivity contribution in [3.63, 3.8) is 0 Å². The number of hydrogen-bond acceptors (Lipinski definition) is 6. The number of fused-ring (bicyclic) bond motifs is 1. The van der Waals surface area contributed by atoms with E-state index in [1.165, 1.54) is 55.6 Å². The van der Waals surface area contributed by atoms with Crippen LogP contribution in [0.25, 0.3) is 22.5 Å². The van der Waals surface area contributed by atoms with E-state index in [-0.39, 0.29) is 6.79 Å². The van der Waals surface area contributed by atoms with Gasteiger partial charge in [-0.05, 0) is 153 Å². The quantitative estimate of drug-likeness (QED) is 0.169. The predicted molar refractivity (Wildman–Crippen MR) is 195 cm³/mol. The van der Waals surface area contributed by atoms with Crippen molar-refractivity contribution >= 4 is 5.69 Å². The van der Waals surface area contributed by atoms with Gasteiger partial charge in [-0.2, -0.15) is 0 Å². The van der Waals surface area contributed by atoms with Gasteiger partial charge in [0.25, 0.3) is 0 Å². The van der Waals surface area contributed by atoms with Gasteiger partial charge in [-0.25, -0.2) is 0 Å². The van der Waals surface area contributed by atoms with Crippen LogP contribution in [0, 0.1) is 41.5 Å². The molecule has 4 heterocycles. The number of ether oxygens (including phenoxy) is 2. The van der Waals surface area contributed by atoms with E-state index in [0.29, 0.717) is 6.04 Å². The van der Waals surface area contributed by atoms with Crippen molar-refractivity contribution in [2.24, 2.45) is 0 Å². The number of likely N-dealkylation sites (tertiary alicyclic amines) is 1. The summed E-state index contributed by atoms with van der Waals surface area (Å²) in [4.78, 5) is 14.8. The Morgan fingerprint density at radius 1 is 0.708 bits per heavy atom. The van der Waals surface area contributed by atoms with Crippen molar-refractivity contribution in [3.8, 4) is 34.0 Å². The number of anilines is 1. The van der Waals surface area contributed by atoms with Crippen molar-refractivity contribution < 1.29 is 9.47 Å². The van der Waals surface area contributed by atoms with Crippen LogP contribution in [0.3, 0.4) is 0 Å². The van der Waals surface area contributed by atoms with Gasteiger partial charge in [0.1, 0.15) is 0 Å². The Kier molecular flexibility index (Phi) is 8.93. The molecule has 2 aliphatic rings. The Balaban J connectivity index is 1.12. The van der Waals surface area contributed by atoms with Crippen LogP contribution in [-0.4, -0.2) is 40.8 Å². The molecule has 0 amide bonds. The minimum absolute atomic E-state index is 0.274. The van der Waals surface area contributed by atoms with Gasteiger partial charge in [-0.15, -0.1) is 0 Å². The van der Waals surface area contributed by atoms with E-state index < -0.39 is 0 Å². The van der Waals surface area contributed by atoms with Gasteiger partial charge in [0, 0.05) is 67.5 Å². The number of aromatic nitrogens is 2. The maximum absolute atomic E-state index is 5.83. The van der Waals surface area contributed by atoms with Crippen LogP contribution in [-0.2, 0) is 13.1 Å². The molecule has 2 aliphatic heterocycles. The second-order valence-electron chi connectivity index (χ2n) is 13.7. The van der Waals surface area contributed by atoms with E-state index in [0.717, 1.165) is 67.6 Å². The summed E-state index contributed by atoms with van der Waals surface area (Å²) < 4.78 is 11.5. The molecule has 1 fully saturated rings. The zero-order valence-corrected chi connectivity index (χ0v) is 29.1. The molecule has 0 bridgehead atoms. The molecule has 0 atom stereocenters. The fourth-order valence-corrected chi connectivity index (χ4v) is 7.24. The first kappa shape index (κ1) is 31.9. The minimum atomic E-state index is 0.274. The largest absolute Gasteiger partial charge is 0.454 e. The summed E-state index contributed by atoms with van der Waals surface area (Å²) in [5, 5.41) is 0. The SMILES string of the molecule is Cc1cc(-c2cc(CN3CCC(N(Cc4cccnc4-c4cc(C)c(C)c(C)c4)c4ccc5c(c4)OCO5)CC3)ccn2)cc(C)c1C. The van der Waals surface area contributed by atoms with Crippen LogP contribution in [0.2, 0.25) is 0 Å². The van der Waals surface area contributed by atoms with Crippen LogP contribution in [0.1, 0.15) is 57.3 Å². The third-order valence-electron chi connectivity index (χ3n) is 10.6. The number of nitrogens with zero attached hydrogens (tertiary/aromatic N) is 4. The lowest BCUT2D eigenvalue weighted by Gasteiger charge is -2.40. The highest BCUT2D eigenvalue weighted by Crippen LogP contribution is 2.38. The van der Waals surface area contributed by atoms with Crippen molar-refractivity contribution in [1.29, 1.82) is 0 Å². The van der Waals surface area contributed by atoms with Gasteiger partial charge < -0.3 is 14.4 Å².